The minimum atomic E-state index is -7.18. The first-order valence-corrected chi connectivity index (χ1v) is 8.26. The zero-order valence-electron chi connectivity index (χ0n) is 13.6. The average molecular weight is 473 g/mol. The van der Waals surface area contributed by atoms with Crippen LogP contribution < -0.4 is 5.32 Å². The number of sulfone groups is 1. The van der Waals surface area contributed by atoms with Gasteiger partial charge in [-0.25, -0.2) is 8.42 Å². The van der Waals surface area contributed by atoms with Crippen LogP contribution in [-0.4, -0.2) is 53.2 Å². The lowest BCUT2D eigenvalue weighted by Crippen LogP contribution is -2.55. The highest BCUT2D eigenvalue weighted by Gasteiger charge is 2.78. The number of nitro groups is 2. The number of nitrogens with one attached hydrogen (secondary N) is 1. The summed E-state index contributed by atoms with van der Waals surface area (Å²) in [5.41, 5.74) is -4.83. The highest BCUT2D eigenvalue weighted by Crippen LogP contribution is 2.51. The number of anilines is 1. The molecule has 0 unspecified atom stereocenters. The summed E-state index contributed by atoms with van der Waals surface area (Å²) in [5.74, 6) is -8.92. The van der Waals surface area contributed by atoms with E-state index in [9.17, 15) is 64.2 Å². The van der Waals surface area contributed by atoms with E-state index in [4.69, 9.17) is 5.11 Å². The van der Waals surface area contributed by atoms with Crippen molar-refractivity contribution in [3.05, 3.63) is 32.4 Å². The maximum absolute atomic E-state index is 13.7. The standard InChI is InChI=1S/C11H6F7N3O8S/c12-9(13,10(14,15)16)11(17,18)30(28,29)4-1-5(20(24)25)8(19-3-7(22)23)6(2-4)21(26)27/h1-2,19H,3H2,(H,22,23). The van der Waals surface area contributed by atoms with Gasteiger partial charge in [0.15, 0.2) is 5.69 Å². The molecule has 0 amide bonds. The second-order valence-electron chi connectivity index (χ2n) is 5.19. The van der Waals surface area contributed by atoms with Crippen molar-refractivity contribution in [1.29, 1.82) is 0 Å². The lowest BCUT2D eigenvalue weighted by atomic mass is 10.2. The highest BCUT2D eigenvalue weighted by atomic mass is 32.2. The second kappa shape index (κ2) is 7.54. The van der Waals surface area contributed by atoms with Gasteiger partial charge in [-0.2, -0.15) is 30.7 Å². The summed E-state index contributed by atoms with van der Waals surface area (Å²) in [7, 11) is -7.10. The molecule has 0 atom stereocenters. The van der Waals surface area contributed by atoms with Gasteiger partial charge in [0, 0.05) is 12.1 Å². The van der Waals surface area contributed by atoms with Crippen molar-refractivity contribution in [2.24, 2.45) is 0 Å². The summed E-state index contributed by atoms with van der Waals surface area (Å²) >= 11 is 0. The molecule has 0 aliphatic carbocycles. The Morgan fingerprint density at radius 1 is 1.00 bits per heavy atom. The van der Waals surface area contributed by atoms with Gasteiger partial charge in [-0.05, 0) is 0 Å². The number of benzene rings is 1. The number of hydrogen-bond acceptors (Lipinski definition) is 8. The number of nitro benzene ring substituents is 2. The third kappa shape index (κ3) is 4.04. The summed E-state index contributed by atoms with van der Waals surface area (Å²) in [5, 5.41) is 25.2. The van der Waals surface area contributed by atoms with Gasteiger partial charge in [-0.3, -0.25) is 25.0 Å². The average Bonchev–Trinajstić information content (AvgIpc) is 2.57. The normalized spacial score (nSPS) is 13.0. The zero-order valence-corrected chi connectivity index (χ0v) is 14.4. The van der Waals surface area contributed by atoms with Gasteiger partial charge in [0.05, 0.1) is 14.7 Å². The highest BCUT2D eigenvalue weighted by molar-refractivity contribution is 7.92. The van der Waals surface area contributed by atoms with Crippen LogP contribution in [0.1, 0.15) is 0 Å². The minimum absolute atomic E-state index is 0.452. The fourth-order valence-corrected chi connectivity index (χ4v) is 3.14. The van der Waals surface area contributed by atoms with Crippen LogP contribution in [0, 0.1) is 20.2 Å². The lowest BCUT2D eigenvalue weighted by molar-refractivity contribution is -0.392. The van der Waals surface area contributed by atoms with E-state index in [-0.39, 0.29) is 0 Å². The Labute approximate surface area is 159 Å². The minimum Gasteiger partial charge on any atom is -0.480 e. The molecule has 0 saturated carbocycles. The van der Waals surface area contributed by atoms with Crippen LogP contribution in [0.2, 0.25) is 0 Å². The predicted molar refractivity (Wildman–Crippen MR) is 79.0 cm³/mol. The quantitative estimate of drug-likeness (QED) is 0.327. The lowest BCUT2D eigenvalue weighted by Gasteiger charge is -2.27. The summed E-state index contributed by atoms with van der Waals surface area (Å²) in [4.78, 5) is 26.9. The predicted octanol–water partition coefficient (Wildman–Crippen LogP) is 2.56. The van der Waals surface area contributed by atoms with Crippen molar-refractivity contribution in [3.8, 4) is 0 Å². The van der Waals surface area contributed by atoms with E-state index in [1.54, 1.807) is 5.32 Å². The van der Waals surface area contributed by atoms with E-state index < -0.39 is 83.6 Å². The van der Waals surface area contributed by atoms with Crippen LogP contribution in [0.25, 0.3) is 0 Å². The van der Waals surface area contributed by atoms with Crippen LogP contribution in [0.4, 0.5) is 47.8 Å². The molecule has 0 saturated heterocycles. The Morgan fingerprint density at radius 3 is 1.70 bits per heavy atom. The molecule has 0 bridgehead atoms. The Bertz CT molecular complexity index is 974. The Morgan fingerprint density at radius 2 is 1.40 bits per heavy atom. The molecule has 1 aromatic carbocycles. The molecule has 0 heterocycles. The maximum Gasteiger partial charge on any atom is 0.461 e. The summed E-state index contributed by atoms with van der Waals surface area (Å²) in [6.07, 6.45) is -7.08. The molecule has 11 nitrogen and oxygen atoms in total. The smallest absolute Gasteiger partial charge is 0.461 e. The number of rotatable bonds is 8. The molecule has 19 heteroatoms. The zero-order chi connectivity index (χ0) is 23.9. The fourth-order valence-electron chi connectivity index (χ4n) is 1.86. The van der Waals surface area contributed by atoms with Gasteiger partial charge >= 0.3 is 34.7 Å². The van der Waals surface area contributed by atoms with E-state index in [1.165, 1.54) is 0 Å². The molecule has 1 rings (SSSR count). The molecule has 0 aliphatic rings. The van der Waals surface area contributed by atoms with Gasteiger partial charge in [-0.15, -0.1) is 0 Å². The van der Waals surface area contributed by atoms with Crippen LogP contribution in [0.15, 0.2) is 17.0 Å². The van der Waals surface area contributed by atoms with E-state index in [0.717, 1.165) is 0 Å². The molecule has 168 valence electrons. The van der Waals surface area contributed by atoms with E-state index in [2.05, 4.69) is 0 Å². The number of carboxylic acids is 1. The third-order valence-corrected chi connectivity index (χ3v) is 5.04. The van der Waals surface area contributed by atoms with Crippen molar-refractivity contribution in [2.75, 3.05) is 11.9 Å². The number of carboxylic acid groups (broad SMARTS) is 1. The third-order valence-electron chi connectivity index (χ3n) is 3.25. The Kier molecular flexibility index (Phi) is 6.23. The molecule has 1 aromatic rings. The summed E-state index contributed by atoms with van der Waals surface area (Å²) < 4.78 is 114. The number of alkyl halides is 7. The first-order valence-electron chi connectivity index (χ1n) is 6.78. The van der Waals surface area contributed by atoms with E-state index >= 15 is 0 Å². The first-order chi connectivity index (χ1) is 13.3. The monoisotopic (exact) mass is 473 g/mol. The summed E-state index contributed by atoms with van der Waals surface area (Å²) in [6.45, 7) is -1.24. The molecular weight excluding hydrogens is 467 g/mol. The molecule has 0 fully saturated rings. The number of hydrogen-bond donors (Lipinski definition) is 2. The van der Waals surface area contributed by atoms with Crippen molar-refractivity contribution in [2.45, 2.75) is 22.2 Å². The van der Waals surface area contributed by atoms with Crippen LogP contribution >= 0.6 is 0 Å². The summed E-state index contributed by atoms with van der Waals surface area (Å²) in [6, 6.07) is -0.903. The van der Waals surface area contributed by atoms with Crippen molar-refractivity contribution in [1.82, 2.24) is 0 Å². The number of carbonyl (C=O) groups is 1. The second-order valence-corrected chi connectivity index (χ2v) is 7.18. The van der Waals surface area contributed by atoms with Gasteiger partial charge in [0.2, 0.25) is 0 Å². The van der Waals surface area contributed by atoms with Crippen LogP contribution in [0.5, 0.6) is 0 Å². The molecule has 2 N–H and O–H groups in total. The van der Waals surface area contributed by atoms with Crippen LogP contribution in [0.3, 0.4) is 0 Å². The van der Waals surface area contributed by atoms with Crippen molar-refractivity contribution in [3.63, 3.8) is 0 Å². The topological polar surface area (TPSA) is 170 Å². The Balaban J connectivity index is 3.87. The molecule has 0 aliphatic heterocycles. The first kappa shape index (κ1) is 24.8. The van der Waals surface area contributed by atoms with E-state index in [1.807, 2.05) is 0 Å². The molecular formula is C11H6F7N3O8S. The molecule has 0 spiro atoms. The molecule has 30 heavy (non-hydrogen) atoms. The van der Waals surface area contributed by atoms with Gasteiger partial charge in [0.25, 0.3) is 9.84 Å². The number of aliphatic carboxylic acids is 1. The Hall–Kier alpha value is -3.25. The van der Waals surface area contributed by atoms with Crippen molar-refractivity contribution < 1.29 is 58.9 Å². The van der Waals surface area contributed by atoms with E-state index in [0.29, 0.717) is 0 Å². The fraction of sp³-hybridized carbons (Fsp3) is 0.364. The van der Waals surface area contributed by atoms with Gasteiger partial charge in [-0.1, -0.05) is 0 Å². The molecule has 0 radical (unpaired) electrons. The maximum atomic E-state index is 13.7. The van der Waals surface area contributed by atoms with Gasteiger partial charge in [0.1, 0.15) is 6.54 Å². The number of halogens is 7. The van der Waals surface area contributed by atoms with Crippen molar-refractivity contribution >= 4 is 32.9 Å². The number of nitrogens with zero attached hydrogens (tertiary/aromatic N) is 2. The molecule has 0 aromatic heterocycles. The van der Waals surface area contributed by atoms with Gasteiger partial charge < -0.3 is 10.4 Å². The largest absolute Gasteiger partial charge is 0.480 e. The van der Waals surface area contributed by atoms with Crippen LogP contribution in [-0.2, 0) is 14.6 Å². The SMILES string of the molecule is O=C(O)CNc1c([N+](=O)[O-])cc(S(=O)(=O)C(F)(F)C(F)(F)C(F)(F)F)cc1[N+](=O)[O-].